The fourth-order valence-electron chi connectivity index (χ4n) is 3.21. The molecule has 110 valence electrons. The van der Waals surface area contributed by atoms with Crippen LogP contribution >= 0.6 is 0 Å². The van der Waals surface area contributed by atoms with Crippen molar-refractivity contribution in [2.24, 2.45) is 0 Å². The first-order valence-corrected chi connectivity index (χ1v) is 7.48. The average molecular weight is 283 g/mol. The van der Waals surface area contributed by atoms with Gasteiger partial charge >= 0.3 is 0 Å². The van der Waals surface area contributed by atoms with Crippen LogP contribution in [0.25, 0.3) is 0 Å². The predicted molar refractivity (Wildman–Crippen MR) is 82.9 cm³/mol. The maximum Gasteiger partial charge on any atom is 0.132 e. The quantitative estimate of drug-likeness (QED) is 0.808. The summed E-state index contributed by atoms with van der Waals surface area (Å²) in [7, 11) is 0. The van der Waals surface area contributed by atoms with E-state index in [4.69, 9.17) is 0 Å². The van der Waals surface area contributed by atoms with Crippen LogP contribution in [0.15, 0.2) is 60.7 Å². The Morgan fingerprint density at radius 3 is 1.90 bits per heavy atom. The molecule has 21 heavy (non-hydrogen) atoms. The third-order valence-electron chi connectivity index (χ3n) is 4.30. The molecule has 0 spiro atoms. The van der Waals surface area contributed by atoms with Crippen molar-refractivity contribution >= 4 is 0 Å². The van der Waals surface area contributed by atoms with Gasteiger partial charge in [0.15, 0.2) is 0 Å². The van der Waals surface area contributed by atoms with Crippen LogP contribution in [0.5, 0.6) is 0 Å². The molecule has 0 unspecified atom stereocenters. The van der Waals surface area contributed by atoms with Crippen LogP contribution in [0.4, 0.5) is 0 Å². The minimum absolute atomic E-state index is 0.406. The van der Waals surface area contributed by atoms with Crippen molar-refractivity contribution in [2.45, 2.75) is 30.6 Å². The first kappa shape index (κ1) is 14.3. The number of benzene rings is 2. The molecule has 1 fully saturated rings. The van der Waals surface area contributed by atoms with Gasteiger partial charge in [0, 0.05) is 0 Å². The molecular formula is C18H21NO2. The Morgan fingerprint density at radius 1 is 0.905 bits per heavy atom. The molecule has 1 aliphatic rings. The molecule has 0 bridgehead atoms. The van der Waals surface area contributed by atoms with Gasteiger partial charge < -0.3 is 15.5 Å². The lowest BCUT2D eigenvalue weighted by Gasteiger charge is -2.42. The number of piperidine rings is 1. The van der Waals surface area contributed by atoms with Gasteiger partial charge in [0.25, 0.3) is 0 Å². The minimum atomic E-state index is -1.23. The zero-order chi connectivity index (χ0) is 14.7. The van der Waals surface area contributed by atoms with Gasteiger partial charge in [-0.3, -0.25) is 0 Å². The highest BCUT2D eigenvalue weighted by Gasteiger charge is 2.44. The lowest BCUT2D eigenvalue weighted by atomic mass is 9.76. The van der Waals surface area contributed by atoms with Crippen LogP contribution in [-0.2, 0) is 5.60 Å². The summed E-state index contributed by atoms with van der Waals surface area (Å²) in [6, 6.07) is 18.8. The number of hydrogen-bond donors (Lipinski definition) is 3. The lowest BCUT2D eigenvalue weighted by molar-refractivity contribution is -0.0355. The van der Waals surface area contributed by atoms with E-state index in [0.29, 0.717) is 6.42 Å². The van der Waals surface area contributed by atoms with E-state index in [1.54, 1.807) is 0 Å². The van der Waals surface area contributed by atoms with Gasteiger partial charge in [-0.2, -0.15) is 0 Å². The summed E-state index contributed by atoms with van der Waals surface area (Å²) in [5.41, 5.74) is 0.367. The fourth-order valence-corrected chi connectivity index (χ4v) is 3.21. The third kappa shape index (κ3) is 2.60. The highest BCUT2D eigenvalue weighted by molar-refractivity contribution is 5.38. The molecule has 3 nitrogen and oxygen atoms in total. The summed E-state index contributed by atoms with van der Waals surface area (Å²) < 4.78 is 0. The van der Waals surface area contributed by atoms with E-state index >= 15 is 0 Å². The Kier molecular flexibility index (Phi) is 4.06. The van der Waals surface area contributed by atoms with Crippen molar-refractivity contribution in [3.05, 3.63) is 71.8 Å². The summed E-state index contributed by atoms with van der Waals surface area (Å²) in [5.74, 6) is 0. The molecule has 1 saturated heterocycles. The SMILES string of the molecule is O[C@H]1CCCN[C@H]1C(O)(c1ccccc1)c1ccccc1. The van der Waals surface area contributed by atoms with Gasteiger partial charge in [-0.15, -0.1) is 0 Å². The number of aliphatic hydroxyl groups is 2. The highest BCUT2D eigenvalue weighted by Crippen LogP contribution is 2.36. The fraction of sp³-hybridized carbons (Fsp3) is 0.333. The average Bonchev–Trinajstić information content (AvgIpc) is 2.56. The van der Waals surface area contributed by atoms with Crippen molar-refractivity contribution in [2.75, 3.05) is 6.54 Å². The summed E-state index contributed by atoms with van der Waals surface area (Å²) in [5, 5.41) is 25.2. The molecule has 2 atom stereocenters. The Morgan fingerprint density at radius 2 is 1.43 bits per heavy atom. The van der Waals surface area contributed by atoms with Crippen LogP contribution in [0.1, 0.15) is 24.0 Å². The molecule has 3 rings (SSSR count). The van der Waals surface area contributed by atoms with Gasteiger partial charge in [0.2, 0.25) is 0 Å². The predicted octanol–water partition coefficient (Wildman–Crippen LogP) is 2.04. The Hall–Kier alpha value is -1.68. The molecule has 0 radical (unpaired) electrons. The minimum Gasteiger partial charge on any atom is -0.391 e. The van der Waals surface area contributed by atoms with E-state index < -0.39 is 17.7 Å². The second kappa shape index (κ2) is 5.98. The smallest absolute Gasteiger partial charge is 0.132 e. The summed E-state index contributed by atoms with van der Waals surface area (Å²) in [6.45, 7) is 0.809. The van der Waals surface area contributed by atoms with Gasteiger partial charge in [-0.05, 0) is 30.5 Å². The Balaban J connectivity index is 2.11. The van der Waals surface area contributed by atoms with E-state index in [9.17, 15) is 10.2 Å². The van der Waals surface area contributed by atoms with E-state index in [1.165, 1.54) is 0 Å². The Labute approximate surface area is 125 Å². The van der Waals surface area contributed by atoms with Crippen molar-refractivity contribution in [1.29, 1.82) is 0 Å². The molecule has 0 saturated carbocycles. The van der Waals surface area contributed by atoms with E-state index in [0.717, 1.165) is 24.1 Å². The summed E-state index contributed by atoms with van der Waals surface area (Å²) >= 11 is 0. The first-order chi connectivity index (χ1) is 10.2. The van der Waals surface area contributed by atoms with Crippen LogP contribution in [0, 0.1) is 0 Å². The molecule has 1 heterocycles. The van der Waals surface area contributed by atoms with E-state index in [-0.39, 0.29) is 0 Å². The molecular weight excluding hydrogens is 262 g/mol. The maximum atomic E-state index is 11.5. The van der Waals surface area contributed by atoms with Gasteiger partial charge in [-0.25, -0.2) is 0 Å². The molecule has 2 aromatic carbocycles. The third-order valence-corrected chi connectivity index (χ3v) is 4.30. The number of aliphatic hydroxyl groups excluding tert-OH is 1. The van der Waals surface area contributed by atoms with Gasteiger partial charge in [0.1, 0.15) is 5.60 Å². The van der Waals surface area contributed by atoms with E-state index in [2.05, 4.69) is 5.32 Å². The largest absolute Gasteiger partial charge is 0.391 e. The normalized spacial score (nSPS) is 23.0. The second-order valence-electron chi connectivity index (χ2n) is 5.64. The molecule has 3 N–H and O–H groups in total. The molecule has 0 aromatic heterocycles. The summed E-state index contributed by atoms with van der Waals surface area (Å²) in [6.07, 6.45) is 1.07. The van der Waals surface area contributed by atoms with Crippen molar-refractivity contribution in [3.8, 4) is 0 Å². The van der Waals surface area contributed by atoms with Crippen LogP contribution in [0.2, 0.25) is 0 Å². The van der Waals surface area contributed by atoms with Crippen molar-refractivity contribution in [1.82, 2.24) is 5.32 Å². The number of hydrogen-bond acceptors (Lipinski definition) is 3. The van der Waals surface area contributed by atoms with Crippen LogP contribution < -0.4 is 5.32 Å². The number of nitrogens with one attached hydrogen (secondary N) is 1. The van der Waals surface area contributed by atoms with Crippen LogP contribution in [0.3, 0.4) is 0 Å². The van der Waals surface area contributed by atoms with Crippen molar-refractivity contribution < 1.29 is 10.2 Å². The highest BCUT2D eigenvalue weighted by atomic mass is 16.3. The molecule has 0 aliphatic carbocycles. The van der Waals surface area contributed by atoms with Crippen LogP contribution in [-0.4, -0.2) is 28.9 Å². The van der Waals surface area contributed by atoms with Crippen molar-refractivity contribution in [3.63, 3.8) is 0 Å². The summed E-state index contributed by atoms with van der Waals surface area (Å²) in [4.78, 5) is 0. The topological polar surface area (TPSA) is 52.5 Å². The number of rotatable bonds is 3. The zero-order valence-electron chi connectivity index (χ0n) is 11.9. The maximum absolute atomic E-state index is 11.5. The first-order valence-electron chi connectivity index (χ1n) is 7.48. The molecule has 3 heteroatoms. The van der Waals surface area contributed by atoms with E-state index in [1.807, 2.05) is 60.7 Å². The Bertz CT molecular complexity index is 531. The van der Waals surface area contributed by atoms with Gasteiger partial charge in [0.05, 0.1) is 12.1 Å². The molecule has 0 amide bonds. The standard InChI is InChI=1S/C18H21NO2/c20-16-12-7-13-19-17(16)18(21,14-8-3-1-4-9-14)15-10-5-2-6-11-15/h1-6,8-11,16-17,19-21H,7,12-13H2/t16-,17+/m0/s1. The second-order valence-corrected chi connectivity index (χ2v) is 5.64. The lowest BCUT2D eigenvalue weighted by Crippen LogP contribution is -2.58. The zero-order valence-corrected chi connectivity index (χ0v) is 11.9. The monoisotopic (exact) mass is 283 g/mol. The molecule has 1 aliphatic heterocycles. The van der Waals surface area contributed by atoms with Gasteiger partial charge in [-0.1, -0.05) is 60.7 Å². The molecule has 2 aromatic rings.